The van der Waals surface area contributed by atoms with Gasteiger partial charge in [0.1, 0.15) is 0 Å². The highest BCUT2D eigenvalue weighted by molar-refractivity contribution is 5.73. The van der Waals surface area contributed by atoms with E-state index >= 15 is 0 Å². The van der Waals surface area contributed by atoms with Gasteiger partial charge in [0.2, 0.25) is 5.91 Å². The fraction of sp³-hybridized carbons (Fsp3) is 0.923. The first-order valence-electron chi connectivity index (χ1n) is 6.53. The average molecular weight is 242 g/mol. The molecule has 1 saturated heterocycles. The maximum atomic E-state index is 11.3. The van der Waals surface area contributed by atoms with Crippen LogP contribution in [0.1, 0.15) is 34.1 Å². The number of aliphatic hydroxyl groups is 1. The largest absolute Gasteiger partial charge is 0.389 e. The monoisotopic (exact) mass is 242 g/mol. The summed E-state index contributed by atoms with van der Waals surface area (Å²) in [5, 5.41) is 10.3. The molecule has 0 saturated carbocycles. The second-order valence-electron chi connectivity index (χ2n) is 5.65. The summed E-state index contributed by atoms with van der Waals surface area (Å²) in [7, 11) is 0. The smallest absolute Gasteiger partial charge is 0.219 e. The maximum absolute atomic E-state index is 11.3. The predicted octanol–water partition coefficient (Wildman–Crippen LogP) is 0.948. The van der Waals surface area contributed by atoms with Crippen LogP contribution in [-0.4, -0.2) is 59.1 Å². The molecule has 0 aliphatic carbocycles. The summed E-state index contributed by atoms with van der Waals surface area (Å²) in [6.45, 7) is 11.7. The molecule has 1 N–H and O–H groups in total. The molecular formula is C13H26N2O2. The maximum Gasteiger partial charge on any atom is 0.219 e. The summed E-state index contributed by atoms with van der Waals surface area (Å²) in [4.78, 5) is 15.5. The minimum absolute atomic E-state index is 0.155. The van der Waals surface area contributed by atoms with Crippen molar-refractivity contribution in [3.8, 4) is 0 Å². The van der Waals surface area contributed by atoms with Crippen LogP contribution in [0.2, 0.25) is 0 Å². The van der Waals surface area contributed by atoms with Crippen molar-refractivity contribution >= 4 is 5.91 Å². The number of amides is 1. The summed E-state index contributed by atoms with van der Waals surface area (Å²) >= 11 is 0. The lowest BCUT2D eigenvalue weighted by Gasteiger charge is -2.33. The van der Waals surface area contributed by atoms with Crippen molar-refractivity contribution in [3.63, 3.8) is 0 Å². The molecule has 0 aromatic rings. The Morgan fingerprint density at radius 1 is 1.29 bits per heavy atom. The van der Waals surface area contributed by atoms with Gasteiger partial charge < -0.3 is 10.0 Å². The van der Waals surface area contributed by atoms with Crippen LogP contribution >= 0.6 is 0 Å². The topological polar surface area (TPSA) is 43.8 Å². The van der Waals surface area contributed by atoms with Crippen LogP contribution in [0, 0.1) is 5.92 Å². The van der Waals surface area contributed by atoms with E-state index < -0.39 is 5.60 Å². The highest BCUT2D eigenvalue weighted by atomic mass is 16.3. The Balaban J connectivity index is 2.49. The molecule has 0 radical (unpaired) electrons. The van der Waals surface area contributed by atoms with E-state index in [-0.39, 0.29) is 11.8 Å². The molecule has 17 heavy (non-hydrogen) atoms. The minimum atomic E-state index is -0.647. The first kappa shape index (κ1) is 14.5. The summed E-state index contributed by atoms with van der Waals surface area (Å²) in [6, 6.07) is 0. The van der Waals surface area contributed by atoms with Gasteiger partial charge in [0, 0.05) is 39.6 Å². The molecule has 1 aliphatic rings. The zero-order chi connectivity index (χ0) is 13.1. The predicted molar refractivity (Wildman–Crippen MR) is 68.8 cm³/mol. The van der Waals surface area contributed by atoms with Gasteiger partial charge in [-0.15, -0.1) is 0 Å². The Kier molecular flexibility index (Phi) is 4.95. The van der Waals surface area contributed by atoms with Crippen molar-refractivity contribution in [2.45, 2.75) is 39.7 Å². The van der Waals surface area contributed by atoms with Gasteiger partial charge in [0.15, 0.2) is 0 Å². The standard InChI is InChI=1S/C13H26N2O2/c1-11(2)13(4,17)10-14-6-5-7-15(9-8-14)12(3)16/h11,17H,5-10H2,1-4H3. The van der Waals surface area contributed by atoms with Crippen molar-refractivity contribution < 1.29 is 9.90 Å². The van der Waals surface area contributed by atoms with Crippen LogP contribution in [-0.2, 0) is 4.79 Å². The van der Waals surface area contributed by atoms with Crippen molar-refractivity contribution in [3.05, 3.63) is 0 Å². The first-order chi connectivity index (χ1) is 7.83. The van der Waals surface area contributed by atoms with Gasteiger partial charge in [-0.1, -0.05) is 13.8 Å². The molecule has 1 atom stereocenters. The van der Waals surface area contributed by atoms with Crippen molar-refractivity contribution in [1.82, 2.24) is 9.80 Å². The van der Waals surface area contributed by atoms with E-state index in [9.17, 15) is 9.90 Å². The lowest BCUT2D eigenvalue weighted by Crippen LogP contribution is -2.45. The second-order valence-corrected chi connectivity index (χ2v) is 5.65. The van der Waals surface area contributed by atoms with Gasteiger partial charge in [-0.3, -0.25) is 9.69 Å². The van der Waals surface area contributed by atoms with Crippen molar-refractivity contribution in [1.29, 1.82) is 0 Å². The SMILES string of the molecule is CC(=O)N1CCCN(CC(C)(O)C(C)C)CC1. The Hall–Kier alpha value is -0.610. The number of hydrogen-bond acceptors (Lipinski definition) is 3. The van der Waals surface area contributed by atoms with E-state index in [0.29, 0.717) is 6.54 Å². The van der Waals surface area contributed by atoms with Gasteiger partial charge in [0.05, 0.1) is 5.60 Å². The third kappa shape index (κ3) is 4.28. The summed E-state index contributed by atoms with van der Waals surface area (Å²) in [5.41, 5.74) is -0.647. The zero-order valence-electron chi connectivity index (χ0n) is 11.6. The third-order valence-corrected chi connectivity index (χ3v) is 3.82. The average Bonchev–Trinajstić information content (AvgIpc) is 2.42. The minimum Gasteiger partial charge on any atom is -0.389 e. The van der Waals surface area contributed by atoms with Crippen LogP contribution < -0.4 is 0 Å². The molecule has 1 aliphatic heterocycles. The van der Waals surface area contributed by atoms with E-state index in [2.05, 4.69) is 4.90 Å². The Bertz CT molecular complexity index is 264. The molecule has 0 spiro atoms. The summed E-state index contributed by atoms with van der Waals surface area (Å²) in [5.74, 6) is 0.400. The van der Waals surface area contributed by atoms with E-state index in [4.69, 9.17) is 0 Å². The molecular weight excluding hydrogens is 216 g/mol. The van der Waals surface area contributed by atoms with Gasteiger partial charge in [-0.25, -0.2) is 0 Å². The Morgan fingerprint density at radius 3 is 2.47 bits per heavy atom. The fourth-order valence-electron chi connectivity index (χ4n) is 2.08. The number of nitrogens with zero attached hydrogens (tertiary/aromatic N) is 2. The normalized spacial score (nSPS) is 22.4. The van der Waals surface area contributed by atoms with Gasteiger partial charge in [0.25, 0.3) is 0 Å². The summed E-state index contributed by atoms with van der Waals surface area (Å²) in [6.07, 6.45) is 0.994. The molecule has 1 rings (SSSR count). The van der Waals surface area contributed by atoms with Crippen LogP contribution in [0.4, 0.5) is 0 Å². The quantitative estimate of drug-likeness (QED) is 0.801. The highest BCUT2D eigenvalue weighted by Gasteiger charge is 2.28. The van der Waals surface area contributed by atoms with Crippen LogP contribution in [0.25, 0.3) is 0 Å². The van der Waals surface area contributed by atoms with Crippen LogP contribution in [0.3, 0.4) is 0 Å². The van der Waals surface area contributed by atoms with Gasteiger partial charge >= 0.3 is 0 Å². The lowest BCUT2D eigenvalue weighted by molar-refractivity contribution is -0.128. The van der Waals surface area contributed by atoms with Crippen molar-refractivity contribution in [2.24, 2.45) is 5.92 Å². The number of β-amino-alcohol motifs (C(OH)–C–C–N with tert-alkyl or cyclic N) is 1. The van der Waals surface area contributed by atoms with Gasteiger partial charge in [-0.2, -0.15) is 0 Å². The first-order valence-corrected chi connectivity index (χ1v) is 6.53. The number of carbonyl (C=O) groups is 1. The van der Waals surface area contributed by atoms with Crippen LogP contribution in [0.15, 0.2) is 0 Å². The van der Waals surface area contributed by atoms with E-state index in [0.717, 1.165) is 32.6 Å². The molecule has 1 fully saturated rings. The molecule has 1 amide bonds. The Labute approximate surface area is 105 Å². The number of hydrogen-bond donors (Lipinski definition) is 1. The molecule has 4 nitrogen and oxygen atoms in total. The zero-order valence-corrected chi connectivity index (χ0v) is 11.6. The molecule has 100 valence electrons. The molecule has 4 heteroatoms. The van der Waals surface area contributed by atoms with Crippen LogP contribution in [0.5, 0.6) is 0 Å². The molecule has 0 aromatic carbocycles. The molecule has 0 bridgehead atoms. The Morgan fingerprint density at radius 2 is 1.94 bits per heavy atom. The molecule has 1 heterocycles. The van der Waals surface area contributed by atoms with Crippen molar-refractivity contribution in [2.75, 3.05) is 32.7 Å². The van der Waals surface area contributed by atoms with E-state index in [1.165, 1.54) is 0 Å². The third-order valence-electron chi connectivity index (χ3n) is 3.82. The number of carbonyl (C=O) groups excluding carboxylic acids is 1. The van der Waals surface area contributed by atoms with Gasteiger partial charge in [-0.05, 0) is 19.3 Å². The molecule has 1 unspecified atom stereocenters. The van der Waals surface area contributed by atoms with E-state index in [1.807, 2.05) is 25.7 Å². The lowest BCUT2D eigenvalue weighted by atomic mass is 9.92. The summed E-state index contributed by atoms with van der Waals surface area (Å²) < 4.78 is 0. The second kappa shape index (κ2) is 5.83. The van der Waals surface area contributed by atoms with E-state index in [1.54, 1.807) is 6.92 Å². The number of rotatable bonds is 3. The molecule has 0 aromatic heterocycles. The fourth-order valence-corrected chi connectivity index (χ4v) is 2.08. The highest BCUT2D eigenvalue weighted by Crippen LogP contribution is 2.18.